The van der Waals surface area contributed by atoms with Crippen LogP contribution in [0.15, 0.2) is 6.20 Å². The van der Waals surface area contributed by atoms with Crippen LogP contribution >= 0.6 is 0 Å². The molecule has 112 valence electrons. The molecule has 2 heterocycles. The van der Waals surface area contributed by atoms with Crippen molar-refractivity contribution in [1.29, 1.82) is 0 Å². The quantitative estimate of drug-likeness (QED) is 0.747. The van der Waals surface area contributed by atoms with Gasteiger partial charge < -0.3 is 19.5 Å². The van der Waals surface area contributed by atoms with Gasteiger partial charge in [0.2, 0.25) is 0 Å². The van der Waals surface area contributed by atoms with Gasteiger partial charge in [0.25, 0.3) is 0 Å². The van der Waals surface area contributed by atoms with Gasteiger partial charge in [-0.05, 0) is 6.92 Å². The van der Waals surface area contributed by atoms with Crippen molar-refractivity contribution in [2.24, 2.45) is 7.05 Å². The lowest BCUT2D eigenvalue weighted by Crippen LogP contribution is -2.37. The summed E-state index contributed by atoms with van der Waals surface area (Å²) in [5, 5.41) is 7.37. The maximum absolute atomic E-state index is 11.8. The number of carbonyl (C=O) groups excluding carboxylic acids is 1. The highest BCUT2D eigenvalue weighted by Gasteiger charge is 2.18. The molecule has 1 aliphatic heterocycles. The fourth-order valence-electron chi connectivity index (χ4n) is 2.06. The minimum Gasteiger partial charge on any atom is -0.462 e. The molecule has 0 amide bonds. The molecule has 1 aromatic heterocycles. The van der Waals surface area contributed by atoms with Crippen molar-refractivity contribution >= 4 is 5.97 Å². The Kier molecular flexibility index (Phi) is 5.51. The smallest absolute Gasteiger partial charge is 0.341 e. The van der Waals surface area contributed by atoms with E-state index in [1.165, 1.54) is 6.20 Å². The summed E-state index contributed by atoms with van der Waals surface area (Å²) in [5.41, 5.74) is 1.31. The van der Waals surface area contributed by atoms with Crippen molar-refractivity contribution in [3.63, 3.8) is 0 Å². The van der Waals surface area contributed by atoms with E-state index in [2.05, 4.69) is 10.4 Å². The molecule has 1 saturated heterocycles. The van der Waals surface area contributed by atoms with E-state index in [-0.39, 0.29) is 12.1 Å². The minimum atomic E-state index is -0.338. The Balaban J connectivity index is 1.88. The third-order valence-corrected chi connectivity index (χ3v) is 3.11. The lowest BCUT2D eigenvalue weighted by molar-refractivity contribution is -0.0864. The van der Waals surface area contributed by atoms with Crippen LogP contribution in [0.25, 0.3) is 0 Å². The molecule has 0 aliphatic carbocycles. The third-order valence-electron chi connectivity index (χ3n) is 3.11. The van der Waals surface area contributed by atoms with Gasteiger partial charge in [-0.2, -0.15) is 5.10 Å². The van der Waals surface area contributed by atoms with Crippen LogP contribution in [0.2, 0.25) is 0 Å². The highest BCUT2D eigenvalue weighted by Crippen LogP contribution is 2.09. The highest BCUT2D eigenvalue weighted by molar-refractivity contribution is 5.90. The summed E-state index contributed by atoms with van der Waals surface area (Å²) in [4.78, 5) is 11.8. The van der Waals surface area contributed by atoms with Crippen molar-refractivity contribution in [2.75, 3.05) is 33.0 Å². The van der Waals surface area contributed by atoms with Gasteiger partial charge in [0.15, 0.2) is 0 Å². The highest BCUT2D eigenvalue weighted by atomic mass is 16.6. The van der Waals surface area contributed by atoms with E-state index >= 15 is 0 Å². The Bertz CT molecular complexity index is 441. The van der Waals surface area contributed by atoms with Gasteiger partial charge in [0.1, 0.15) is 5.56 Å². The average Bonchev–Trinajstić information content (AvgIpc) is 2.82. The van der Waals surface area contributed by atoms with Crippen molar-refractivity contribution in [1.82, 2.24) is 15.1 Å². The Labute approximate surface area is 118 Å². The third kappa shape index (κ3) is 3.78. The number of aromatic nitrogens is 2. The lowest BCUT2D eigenvalue weighted by Gasteiger charge is -2.23. The van der Waals surface area contributed by atoms with Gasteiger partial charge in [-0.15, -0.1) is 0 Å². The molecule has 1 unspecified atom stereocenters. The predicted octanol–water partition coefficient (Wildman–Crippen LogP) is 0.102. The van der Waals surface area contributed by atoms with Crippen LogP contribution in [0.1, 0.15) is 23.0 Å². The Hall–Kier alpha value is -1.44. The molecule has 1 fully saturated rings. The standard InChI is InChI=1S/C13H21N3O4/c1-3-19-13(17)11-7-15-16(2)12(11)8-14-6-10-9-18-4-5-20-10/h7,10,14H,3-6,8-9H2,1-2H3. The zero-order valence-corrected chi connectivity index (χ0v) is 11.9. The van der Waals surface area contributed by atoms with Crippen LogP contribution < -0.4 is 5.32 Å². The fraction of sp³-hybridized carbons (Fsp3) is 0.692. The van der Waals surface area contributed by atoms with Crippen LogP contribution in [-0.2, 0) is 27.8 Å². The second-order valence-electron chi connectivity index (χ2n) is 4.55. The van der Waals surface area contributed by atoms with Crippen LogP contribution in [0.5, 0.6) is 0 Å². The summed E-state index contributed by atoms with van der Waals surface area (Å²) in [6.07, 6.45) is 1.60. The van der Waals surface area contributed by atoms with Crippen LogP contribution in [0, 0.1) is 0 Å². The minimum absolute atomic E-state index is 0.0584. The molecule has 0 radical (unpaired) electrons. The van der Waals surface area contributed by atoms with Crippen LogP contribution in [0.3, 0.4) is 0 Å². The predicted molar refractivity (Wildman–Crippen MR) is 71.4 cm³/mol. The maximum atomic E-state index is 11.8. The van der Waals surface area contributed by atoms with Gasteiger partial charge in [-0.1, -0.05) is 0 Å². The summed E-state index contributed by atoms with van der Waals surface area (Å²) in [7, 11) is 1.81. The van der Waals surface area contributed by atoms with Crippen molar-refractivity contribution < 1.29 is 19.0 Å². The molecular weight excluding hydrogens is 262 g/mol. The Morgan fingerprint density at radius 2 is 2.45 bits per heavy atom. The Morgan fingerprint density at radius 1 is 1.60 bits per heavy atom. The van der Waals surface area contributed by atoms with E-state index in [1.807, 2.05) is 0 Å². The molecule has 0 saturated carbocycles. The fourth-order valence-corrected chi connectivity index (χ4v) is 2.06. The molecular formula is C13H21N3O4. The van der Waals surface area contributed by atoms with E-state index in [4.69, 9.17) is 14.2 Å². The molecule has 7 nitrogen and oxygen atoms in total. The number of hydrogen-bond acceptors (Lipinski definition) is 6. The molecule has 1 aromatic rings. The first kappa shape index (κ1) is 15.0. The first-order chi connectivity index (χ1) is 9.72. The zero-order valence-electron chi connectivity index (χ0n) is 11.9. The number of nitrogens with one attached hydrogen (secondary N) is 1. The number of carbonyl (C=O) groups is 1. The topological polar surface area (TPSA) is 74.6 Å². The maximum Gasteiger partial charge on any atom is 0.341 e. The number of esters is 1. The molecule has 0 aromatic carbocycles. The van der Waals surface area contributed by atoms with E-state index in [0.717, 1.165) is 5.69 Å². The van der Waals surface area contributed by atoms with Gasteiger partial charge in [-0.25, -0.2) is 4.79 Å². The van der Waals surface area contributed by atoms with E-state index in [9.17, 15) is 4.79 Å². The van der Waals surface area contributed by atoms with Crippen molar-refractivity contribution in [3.8, 4) is 0 Å². The summed E-state index contributed by atoms with van der Waals surface area (Å²) in [6, 6.07) is 0. The van der Waals surface area contributed by atoms with Crippen molar-refractivity contribution in [3.05, 3.63) is 17.5 Å². The lowest BCUT2D eigenvalue weighted by atomic mass is 10.2. The van der Waals surface area contributed by atoms with E-state index in [1.54, 1.807) is 18.7 Å². The molecule has 2 rings (SSSR count). The zero-order chi connectivity index (χ0) is 14.4. The molecule has 1 aliphatic rings. The summed E-state index contributed by atoms with van der Waals surface area (Å²) in [6.45, 7) is 5.24. The normalized spacial score (nSPS) is 19.0. The largest absolute Gasteiger partial charge is 0.462 e. The molecule has 1 atom stereocenters. The molecule has 1 N–H and O–H groups in total. The monoisotopic (exact) mass is 283 g/mol. The molecule has 0 spiro atoms. The number of aryl methyl sites for hydroxylation is 1. The number of ether oxygens (including phenoxy) is 3. The first-order valence-corrected chi connectivity index (χ1v) is 6.80. The first-order valence-electron chi connectivity index (χ1n) is 6.80. The van der Waals surface area contributed by atoms with E-state index < -0.39 is 0 Å². The molecule has 20 heavy (non-hydrogen) atoms. The van der Waals surface area contributed by atoms with Gasteiger partial charge >= 0.3 is 5.97 Å². The van der Waals surface area contributed by atoms with Crippen LogP contribution in [-0.4, -0.2) is 54.8 Å². The second kappa shape index (κ2) is 7.37. The van der Waals surface area contributed by atoms with Crippen molar-refractivity contribution in [2.45, 2.75) is 19.6 Å². The number of rotatable bonds is 6. The van der Waals surface area contributed by atoms with Crippen LogP contribution in [0.4, 0.5) is 0 Å². The number of nitrogens with zero attached hydrogens (tertiary/aromatic N) is 2. The molecule has 7 heteroatoms. The SMILES string of the molecule is CCOC(=O)c1cnn(C)c1CNCC1COCCO1. The van der Waals surface area contributed by atoms with Gasteiger partial charge in [0, 0.05) is 20.1 Å². The second-order valence-corrected chi connectivity index (χ2v) is 4.55. The molecule has 0 bridgehead atoms. The number of hydrogen-bond donors (Lipinski definition) is 1. The Morgan fingerprint density at radius 3 is 3.15 bits per heavy atom. The van der Waals surface area contributed by atoms with Gasteiger partial charge in [-0.3, -0.25) is 4.68 Å². The summed E-state index contributed by atoms with van der Waals surface area (Å²) in [5.74, 6) is -0.338. The summed E-state index contributed by atoms with van der Waals surface area (Å²) >= 11 is 0. The van der Waals surface area contributed by atoms with E-state index in [0.29, 0.717) is 45.1 Å². The average molecular weight is 283 g/mol. The van der Waals surface area contributed by atoms with Gasteiger partial charge in [0.05, 0.1) is 44.4 Å². The summed E-state index contributed by atoms with van der Waals surface area (Å²) < 4.78 is 17.6.